The molecule has 0 aliphatic carbocycles. The minimum absolute atomic E-state index is 0.108. The minimum atomic E-state index is -0.611. The van der Waals surface area contributed by atoms with Gasteiger partial charge >= 0.3 is 0 Å². The van der Waals surface area contributed by atoms with Crippen LogP contribution in [0.15, 0.2) is 4.63 Å². The Labute approximate surface area is 85.2 Å². The van der Waals surface area contributed by atoms with Crippen molar-refractivity contribution in [3.05, 3.63) is 5.69 Å². The molecule has 1 heterocycles. The van der Waals surface area contributed by atoms with Crippen molar-refractivity contribution in [2.75, 3.05) is 18.8 Å². The average molecular weight is 213 g/mol. The van der Waals surface area contributed by atoms with Crippen molar-refractivity contribution in [2.24, 2.45) is 5.73 Å². The van der Waals surface area contributed by atoms with E-state index in [9.17, 15) is 9.59 Å². The van der Waals surface area contributed by atoms with E-state index in [4.69, 9.17) is 11.5 Å². The van der Waals surface area contributed by atoms with Crippen LogP contribution in [0.2, 0.25) is 0 Å². The number of hydrogen-bond donors (Lipinski definition) is 2. The van der Waals surface area contributed by atoms with E-state index < -0.39 is 11.8 Å². The van der Waals surface area contributed by atoms with Gasteiger partial charge in [0.15, 0.2) is 0 Å². The summed E-state index contributed by atoms with van der Waals surface area (Å²) >= 11 is 0. The Balaban J connectivity index is 2.82. The van der Waals surface area contributed by atoms with Crippen LogP contribution < -0.4 is 11.5 Å². The van der Waals surface area contributed by atoms with E-state index in [1.807, 2.05) is 0 Å². The molecule has 1 aromatic rings. The van der Waals surface area contributed by atoms with Gasteiger partial charge in [0.1, 0.15) is 0 Å². The molecule has 0 aliphatic rings. The van der Waals surface area contributed by atoms with Crippen molar-refractivity contribution in [2.45, 2.75) is 6.92 Å². The van der Waals surface area contributed by atoms with Gasteiger partial charge < -0.3 is 16.4 Å². The summed E-state index contributed by atoms with van der Waals surface area (Å²) in [6.45, 7) is 1.82. The lowest BCUT2D eigenvalue weighted by Crippen LogP contribution is -2.38. The Morgan fingerprint density at radius 2 is 2.13 bits per heavy atom. The number of rotatable bonds is 4. The molecule has 1 rings (SSSR count). The van der Waals surface area contributed by atoms with Crippen LogP contribution in [0.1, 0.15) is 17.4 Å². The summed E-state index contributed by atoms with van der Waals surface area (Å²) in [5, 5.41) is 6.60. The zero-order valence-electron chi connectivity index (χ0n) is 8.14. The predicted molar refractivity (Wildman–Crippen MR) is 49.5 cm³/mol. The third-order valence-electron chi connectivity index (χ3n) is 1.73. The summed E-state index contributed by atoms with van der Waals surface area (Å²) in [5.74, 6) is -1.25. The first-order valence-corrected chi connectivity index (χ1v) is 4.21. The van der Waals surface area contributed by atoms with Crippen LogP contribution in [0.5, 0.6) is 0 Å². The van der Waals surface area contributed by atoms with E-state index in [0.29, 0.717) is 6.54 Å². The van der Waals surface area contributed by atoms with E-state index in [-0.39, 0.29) is 18.1 Å². The minimum Gasteiger partial charge on any atom is -0.379 e. The van der Waals surface area contributed by atoms with Crippen molar-refractivity contribution in [3.63, 3.8) is 0 Å². The lowest BCUT2D eigenvalue weighted by atomic mass is 10.3. The van der Waals surface area contributed by atoms with Crippen molar-refractivity contribution >= 4 is 17.6 Å². The molecule has 0 saturated carbocycles. The lowest BCUT2D eigenvalue weighted by Gasteiger charge is -2.16. The quantitative estimate of drug-likeness (QED) is 0.632. The molecule has 82 valence electrons. The Kier molecular flexibility index (Phi) is 3.21. The first-order chi connectivity index (χ1) is 7.06. The molecule has 0 saturated heterocycles. The first kappa shape index (κ1) is 11.0. The second-order valence-corrected chi connectivity index (χ2v) is 2.78. The van der Waals surface area contributed by atoms with Gasteiger partial charge in [-0.05, 0) is 17.2 Å². The van der Waals surface area contributed by atoms with Crippen molar-refractivity contribution in [3.8, 4) is 0 Å². The van der Waals surface area contributed by atoms with Gasteiger partial charge in [0.25, 0.3) is 5.91 Å². The summed E-state index contributed by atoms with van der Waals surface area (Å²) in [6, 6.07) is 0. The number of amides is 2. The van der Waals surface area contributed by atoms with Crippen molar-refractivity contribution in [1.82, 2.24) is 15.2 Å². The molecule has 0 unspecified atom stereocenters. The number of aromatic nitrogens is 2. The number of carbonyl (C=O) groups excluding carboxylic acids is 2. The fourth-order valence-corrected chi connectivity index (χ4v) is 1.01. The molecular weight excluding hydrogens is 202 g/mol. The highest BCUT2D eigenvalue weighted by Gasteiger charge is 2.22. The van der Waals surface area contributed by atoms with E-state index in [0.717, 1.165) is 0 Å². The number of anilines is 1. The number of hydrogen-bond acceptors (Lipinski definition) is 6. The number of likely N-dealkylation sites (N-methyl/N-ethyl adjacent to an activating group) is 1. The second kappa shape index (κ2) is 4.40. The van der Waals surface area contributed by atoms with Gasteiger partial charge in [-0.2, -0.15) is 0 Å². The van der Waals surface area contributed by atoms with E-state index in [1.54, 1.807) is 6.92 Å². The highest BCUT2D eigenvalue weighted by molar-refractivity contribution is 5.97. The smallest absolute Gasteiger partial charge is 0.280 e. The fraction of sp³-hybridized carbons (Fsp3) is 0.429. The van der Waals surface area contributed by atoms with Gasteiger partial charge in [0.05, 0.1) is 6.54 Å². The summed E-state index contributed by atoms with van der Waals surface area (Å²) < 4.78 is 4.28. The topological polar surface area (TPSA) is 128 Å². The Bertz CT molecular complexity index is 374. The molecule has 2 amide bonds. The maximum absolute atomic E-state index is 11.7. The average Bonchev–Trinajstić information content (AvgIpc) is 2.59. The van der Waals surface area contributed by atoms with Gasteiger partial charge in [-0.25, -0.2) is 4.63 Å². The molecule has 0 atom stereocenters. The van der Waals surface area contributed by atoms with Crippen LogP contribution in [0.4, 0.5) is 5.82 Å². The standard InChI is InChI=1S/C7H11N5O3/c1-2-12(3-4(8)13)7(14)5-6(9)11-15-10-5/h2-3H2,1H3,(H2,8,13)(H2,9,11). The molecule has 0 aliphatic heterocycles. The van der Waals surface area contributed by atoms with Gasteiger partial charge in [-0.1, -0.05) is 0 Å². The molecule has 0 spiro atoms. The van der Waals surface area contributed by atoms with Gasteiger partial charge in [-0.3, -0.25) is 9.59 Å². The zero-order valence-corrected chi connectivity index (χ0v) is 8.14. The highest BCUT2D eigenvalue weighted by atomic mass is 16.6. The molecule has 0 fully saturated rings. The maximum atomic E-state index is 11.7. The molecule has 8 nitrogen and oxygen atoms in total. The number of nitrogens with two attached hydrogens (primary N) is 2. The van der Waals surface area contributed by atoms with Crippen LogP contribution in [-0.4, -0.2) is 40.1 Å². The highest BCUT2D eigenvalue weighted by Crippen LogP contribution is 2.07. The predicted octanol–water partition coefficient (Wildman–Crippen LogP) is -1.40. The molecule has 0 aromatic carbocycles. The number of carbonyl (C=O) groups is 2. The largest absolute Gasteiger partial charge is 0.379 e. The molecule has 0 bridgehead atoms. The van der Waals surface area contributed by atoms with Crippen molar-refractivity contribution < 1.29 is 14.2 Å². The lowest BCUT2D eigenvalue weighted by molar-refractivity contribution is -0.118. The summed E-state index contributed by atoms with van der Waals surface area (Å²) in [7, 11) is 0. The molecule has 8 heteroatoms. The molecule has 15 heavy (non-hydrogen) atoms. The number of nitrogens with zero attached hydrogens (tertiary/aromatic N) is 3. The maximum Gasteiger partial charge on any atom is 0.280 e. The van der Waals surface area contributed by atoms with E-state index in [1.165, 1.54) is 4.90 Å². The summed E-state index contributed by atoms with van der Waals surface area (Å²) in [5.41, 5.74) is 10.2. The SMILES string of the molecule is CCN(CC(N)=O)C(=O)c1nonc1N. The van der Waals surface area contributed by atoms with Crippen LogP contribution in [0.3, 0.4) is 0 Å². The Morgan fingerprint density at radius 3 is 2.53 bits per heavy atom. The van der Waals surface area contributed by atoms with Gasteiger partial charge in [0, 0.05) is 6.54 Å². The van der Waals surface area contributed by atoms with Crippen LogP contribution in [-0.2, 0) is 4.79 Å². The van der Waals surface area contributed by atoms with Gasteiger partial charge in [-0.15, -0.1) is 0 Å². The molecular formula is C7H11N5O3. The fourth-order valence-electron chi connectivity index (χ4n) is 1.01. The monoisotopic (exact) mass is 213 g/mol. The van der Waals surface area contributed by atoms with Crippen LogP contribution >= 0.6 is 0 Å². The third kappa shape index (κ3) is 2.42. The van der Waals surface area contributed by atoms with Gasteiger partial charge in [0.2, 0.25) is 17.4 Å². The zero-order chi connectivity index (χ0) is 11.4. The summed E-state index contributed by atoms with van der Waals surface area (Å²) in [6.07, 6.45) is 0. The third-order valence-corrected chi connectivity index (χ3v) is 1.73. The molecule has 0 radical (unpaired) electrons. The number of primary amides is 1. The van der Waals surface area contributed by atoms with Crippen LogP contribution in [0.25, 0.3) is 0 Å². The van der Waals surface area contributed by atoms with E-state index in [2.05, 4.69) is 14.9 Å². The Hall–Kier alpha value is -2.12. The Morgan fingerprint density at radius 1 is 1.47 bits per heavy atom. The van der Waals surface area contributed by atoms with Crippen molar-refractivity contribution in [1.29, 1.82) is 0 Å². The van der Waals surface area contributed by atoms with Crippen LogP contribution in [0, 0.1) is 0 Å². The molecule has 1 aromatic heterocycles. The first-order valence-electron chi connectivity index (χ1n) is 4.21. The summed E-state index contributed by atoms with van der Waals surface area (Å²) in [4.78, 5) is 23.5. The number of nitrogen functional groups attached to an aromatic ring is 1. The van der Waals surface area contributed by atoms with E-state index >= 15 is 0 Å². The molecule has 4 N–H and O–H groups in total. The second-order valence-electron chi connectivity index (χ2n) is 2.78. The normalized spacial score (nSPS) is 9.93.